The van der Waals surface area contributed by atoms with Gasteiger partial charge in [-0.3, -0.25) is 14.3 Å². The van der Waals surface area contributed by atoms with Crippen LogP contribution in [0.5, 0.6) is 17.2 Å². The summed E-state index contributed by atoms with van der Waals surface area (Å²) in [5.41, 5.74) is 0.582. The van der Waals surface area contributed by atoms with Gasteiger partial charge in [-0.2, -0.15) is 0 Å². The standard InChI is InChI=1S/C29H38N3O9PS/c1-19(2)40-42(34,41-20(3)4)18-23-15-31-28(16-30-23)32-29(33)22-12-25(38-21(5)17-37-6)14-26(13-22)39-24-8-10-27(11-9-24)43(7,35)36/h8-16,19-21H,17-18H2,1-7H3,(H,31,32,33)/t21-/m0/s1. The lowest BCUT2D eigenvalue weighted by Gasteiger charge is -2.22. The van der Waals surface area contributed by atoms with Crippen LogP contribution in [-0.2, 0) is 34.3 Å². The molecule has 14 heteroatoms. The molecule has 1 amide bonds. The number of carbonyl (C=O) groups excluding carboxylic acids is 1. The van der Waals surface area contributed by atoms with E-state index in [1.54, 1.807) is 46.9 Å². The summed E-state index contributed by atoms with van der Waals surface area (Å²) in [5.74, 6) is 0.652. The maximum atomic E-state index is 13.2. The van der Waals surface area contributed by atoms with Crippen molar-refractivity contribution in [1.82, 2.24) is 9.97 Å². The van der Waals surface area contributed by atoms with Gasteiger partial charge in [0.05, 0.1) is 48.0 Å². The highest BCUT2D eigenvalue weighted by Gasteiger charge is 2.29. The molecule has 1 N–H and O–H groups in total. The highest BCUT2D eigenvalue weighted by atomic mass is 32.2. The minimum absolute atomic E-state index is 0.0739. The molecule has 2 aromatic carbocycles. The molecule has 1 aromatic heterocycles. The molecular weight excluding hydrogens is 597 g/mol. The van der Waals surface area contributed by atoms with Gasteiger partial charge in [-0.25, -0.2) is 13.4 Å². The first-order valence-corrected chi connectivity index (χ1v) is 17.1. The van der Waals surface area contributed by atoms with E-state index in [1.807, 2.05) is 6.92 Å². The van der Waals surface area contributed by atoms with Crippen molar-refractivity contribution in [2.75, 3.05) is 25.3 Å². The molecule has 0 aliphatic carbocycles. The van der Waals surface area contributed by atoms with Crippen LogP contribution in [0.1, 0.15) is 50.7 Å². The second-order valence-corrected chi connectivity index (χ2v) is 14.3. The molecule has 3 rings (SSSR count). The Balaban J connectivity index is 1.81. The second kappa shape index (κ2) is 14.9. The average molecular weight is 636 g/mol. The summed E-state index contributed by atoms with van der Waals surface area (Å²) in [5, 5.41) is 2.69. The van der Waals surface area contributed by atoms with E-state index in [1.165, 1.54) is 42.7 Å². The van der Waals surface area contributed by atoms with E-state index >= 15 is 0 Å². The Morgan fingerprint density at radius 1 is 0.907 bits per heavy atom. The number of nitrogens with zero attached hydrogens (tertiary/aromatic N) is 2. The van der Waals surface area contributed by atoms with Crippen LogP contribution >= 0.6 is 7.60 Å². The molecule has 43 heavy (non-hydrogen) atoms. The van der Waals surface area contributed by atoms with E-state index in [-0.39, 0.29) is 46.5 Å². The number of rotatable bonds is 15. The van der Waals surface area contributed by atoms with Crippen molar-refractivity contribution in [1.29, 1.82) is 0 Å². The van der Waals surface area contributed by atoms with Crippen molar-refractivity contribution in [3.63, 3.8) is 0 Å². The monoisotopic (exact) mass is 635 g/mol. The minimum atomic E-state index is -3.47. The van der Waals surface area contributed by atoms with E-state index in [0.29, 0.717) is 23.8 Å². The van der Waals surface area contributed by atoms with E-state index in [4.69, 9.17) is 23.3 Å². The van der Waals surface area contributed by atoms with E-state index in [9.17, 15) is 17.8 Å². The molecule has 234 valence electrons. The number of carbonyl (C=O) groups is 1. The molecule has 3 aromatic rings. The molecule has 12 nitrogen and oxygen atoms in total. The van der Waals surface area contributed by atoms with Gasteiger partial charge in [0.25, 0.3) is 5.91 Å². The van der Waals surface area contributed by atoms with Crippen LogP contribution in [0, 0.1) is 0 Å². The number of hydrogen-bond donors (Lipinski definition) is 1. The first-order valence-electron chi connectivity index (χ1n) is 13.5. The SMILES string of the molecule is COC[C@H](C)Oc1cc(Oc2ccc(S(C)(=O)=O)cc2)cc(C(=O)Nc2cnc(CP(=O)(OC(C)C)OC(C)C)cn2)c1. The van der Waals surface area contributed by atoms with Crippen LogP contribution < -0.4 is 14.8 Å². The highest BCUT2D eigenvalue weighted by Crippen LogP contribution is 2.53. The van der Waals surface area contributed by atoms with Gasteiger partial charge in [0.1, 0.15) is 23.4 Å². The first-order chi connectivity index (χ1) is 20.2. The van der Waals surface area contributed by atoms with Crippen molar-refractivity contribution in [2.24, 2.45) is 0 Å². The first kappa shape index (κ1) is 34.1. The predicted octanol–water partition coefficient (Wildman–Crippen LogP) is 5.88. The maximum Gasteiger partial charge on any atom is 0.337 e. The van der Waals surface area contributed by atoms with Gasteiger partial charge in [0, 0.05) is 25.0 Å². The fourth-order valence-electron chi connectivity index (χ4n) is 3.85. The van der Waals surface area contributed by atoms with Gasteiger partial charge in [0.15, 0.2) is 15.7 Å². The van der Waals surface area contributed by atoms with Gasteiger partial charge >= 0.3 is 7.60 Å². The van der Waals surface area contributed by atoms with Gasteiger partial charge in [-0.15, -0.1) is 0 Å². The minimum Gasteiger partial charge on any atom is -0.488 e. The molecule has 0 saturated heterocycles. The largest absolute Gasteiger partial charge is 0.488 e. The fourth-order valence-corrected chi connectivity index (χ4v) is 6.53. The summed E-state index contributed by atoms with van der Waals surface area (Å²) < 4.78 is 64.9. The van der Waals surface area contributed by atoms with Crippen molar-refractivity contribution >= 4 is 29.2 Å². The quantitative estimate of drug-likeness (QED) is 0.199. The molecule has 0 radical (unpaired) electrons. The zero-order valence-corrected chi connectivity index (χ0v) is 27.0. The molecule has 1 heterocycles. The van der Waals surface area contributed by atoms with Gasteiger partial charge in [-0.05, 0) is 71.0 Å². The zero-order chi connectivity index (χ0) is 31.8. The summed E-state index contributed by atoms with van der Waals surface area (Å²) in [6, 6.07) is 10.6. The number of aromatic nitrogens is 2. The Kier molecular flexibility index (Phi) is 11.8. The van der Waals surface area contributed by atoms with Gasteiger partial charge < -0.3 is 28.6 Å². The lowest BCUT2D eigenvalue weighted by atomic mass is 10.2. The Bertz CT molecular complexity index is 1520. The smallest absolute Gasteiger partial charge is 0.337 e. The van der Waals surface area contributed by atoms with Crippen molar-refractivity contribution in [3.05, 3.63) is 66.1 Å². The zero-order valence-electron chi connectivity index (χ0n) is 25.3. The second-order valence-electron chi connectivity index (χ2n) is 10.3. The average Bonchev–Trinajstić information content (AvgIpc) is 2.88. The lowest BCUT2D eigenvalue weighted by molar-refractivity contribution is 0.0915. The molecule has 0 unspecified atom stereocenters. The normalized spacial score (nSPS) is 12.8. The van der Waals surface area contributed by atoms with Crippen molar-refractivity contribution in [2.45, 2.75) is 64.0 Å². The van der Waals surface area contributed by atoms with Crippen LogP contribution in [0.25, 0.3) is 0 Å². The lowest BCUT2D eigenvalue weighted by Crippen LogP contribution is -2.19. The fraction of sp³-hybridized carbons (Fsp3) is 0.414. The Labute approximate surface area is 252 Å². The van der Waals surface area contributed by atoms with Crippen LogP contribution in [0.3, 0.4) is 0 Å². The van der Waals surface area contributed by atoms with Gasteiger partial charge in [-0.1, -0.05) is 0 Å². The number of amides is 1. The number of ether oxygens (including phenoxy) is 3. The molecule has 1 atom stereocenters. The molecule has 0 saturated carbocycles. The summed E-state index contributed by atoms with van der Waals surface area (Å²) in [6.07, 6.45) is 2.85. The number of hydrogen-bond acceptors (Lipinski definition) is 11. The summed E-state index contributed by atoms with van der Waals surface area (Å²) in [6.45, 7) is 9.20. The van der Waals surface area contributed by atoms with E-state index in [2.05, 4.69) is 15.3 Å². The summed E-state index contributed by atoms with van der Waals surface area (Å²) in [7, 11) is -5.28. The molecule has 0 aliphatic heterocycles. The molecule has 0 aliphatic rings. The molecule has 0 fully saturated rings. The Hall–Kier alpha value is -3.35. The maximum absolute atomic E-state index is 13.2. The Morgan fingerprint density at radius 3 is 2.07 bits per heavy atom. The third-order valence-electron chi connectivity index (χ3n) is 5.41. The molecular formula is C29H38N3O9PS. The van der Waals surface area contributed by atoms with Crippen LogP contribution in [-0.4, -0.2) is 62.6 Å². The third-order valence-corrected chi connectivity index (χ3v) is 8.74. The summed E-state index contributed by atoms with van der Waals surface area (Å²) in [4.78, 5) is 21.9. The third kappa shape index (κ3) is 11.0. The number of nitrogens with one attached hydrogen (secondary N) is 1. The van der Waals surface area contributed by atoms with Crippen LogP contribution in [0.15, 0.2) is 59.8 Å². The summed E-state index contributed by atoms with van der Waals surface area (Å²) >= 11 is 0. The predicted molar refractivity (Wildman–Crippen MR) is 162 cm³/mol. The number of anilines is 1. The topological polar surface area (TPSA) is 152 Å². The molecule has 0 bridgehead atoms. The van der Waals surface area contributed by atoms with E-state index in [0.717, 1.165) is 6.26 Å². The van der Waals surface area contributed by atoms with Crippen molar-refractivity contribution < 1.29 is 41.0 Å². The number of sulfone groups is 1. The van der Waals surface area contributed by atoms with Crippen LogP contribution in [0.4, 0.5) is 5.82 Å². The Morgan fingerprint density at radius 2 is 1.53 bits per heavy atom. The highest BCUT2D eigenvalue weighted by molar-refractivity contribution is 7.90. The molecule has 0 spiro atoms. The van der Waals surface area contributed by atoms with Crippen molar-refractivity contribution in [3.8, 4) is 17.2 Å². The number of methoxy groups -OCH3 is 1. The van der Waals surface area contributed by atoms with Crippen LogP contribution in [0.2, 0.25) is 0 Å². The number of benzene rings is 2. The van der Waals surface area contributed by atoms with Gasteiger partial charge in [0.2, 0.25) is 0 Å². The van der Waals surface area contributed by atoms with E-state index < -0.39 is 23.3 Å².